The lowest BCUT2D eigenvalue weighted by atomic mass is 9.99. The van der Waals surface area contributed by atoms with E-state index >= 15 is 0 Å². The molecule has 1 atom stereocenters. The average molecular weight is 366 g/mol. The lowest BCUT2D eigenvalue weighted by molar-refractivity contribution is -0.120. The Balaban J connectivity index is 1.66. The van der Waals surface area contributed by atoms with E-state index in [1.807, 2.05) is 17.5 Å². The second-order valence-corrected chi connectivity index (χ2v) is 8.57. The summed E-state index contributed by atoms with van der Waals surface area (Å²) in [5, 5.41) is 5.17. The Hall–Kier alpha value is -1.84. The highest BCUT2D eigenvalue weighted by Crippen LogP contribution is 2.26. The number of carbonyl (C=O) groups excluding carboxylic acids is 1. The van der Waals surface area contributed by atoms with Crippen molar-refractivity contribution in [3.63, 3.8) is 0 Å². The number of nitrogens with one attached hydrogen (secondary N) is 1. The lowest BCUT2D eigenvalue weighted by Crippen LogP contribution is -2.43. The molecule has 9 heteroatoms. The molecule has 0 aliphatic carbocycles. The van der Waals surface area contributed by atoms with Crippen LogP contribution in [0.15, 0.2) is 29.9 Å². The monoisotopic (exact) mass is 366 g/mol. The summed E-state index contributed by atoms with van der Waals surface area (Å²) in [5.41, 5.74) is 1.64. The zero-order valence-corrected chi connectivity index (χ0v) is 14.8. The molecule has 3 rings (SSSR count). The number of rotatable bonds is 4. The molecule has 128 valence electrons. The molecule has 1 fully saturated rings. The molecule has 0 radical (unpaired) electrons. The third kappa shape index (κ3) is 3.97. The van der Waals surface area contributed by atoms with Crippen molar-refractivity contribution in [1.82, 2.24) is 14.3 Å². The van der Waals surface area contributed by atoms with Gasteiger partial charge >= 0.3 is 0 Å². The number of anilines is 1. The van der Waals surface area contributed by atoms with Crippen molar-refractivity contribution in [3.8, 4) is 11.3 Å². The third-order valence-corrected chi connectivity index (χ3v) is 5.94. The van der Waals surface area contributed by atoms with Crippen LogP contribution < -0.4 is 5.32 Å². The molecule has 1 aliphatic heterocycles. The van der Waals surface area contributed by atoms with Crippen LogP contribution in [0.25, 0.3) is 11.3 Å². The first-order valence-electron chi connectivity index (χ1n) is 7.55. The SMILES string of the molecule is CS(=O)(=O)N1CCCC(C(=O)Nc2nc(-c3cccnc3)cs2)C1. The minimum absolute atomic E-state index is 0.185. The number of pyridine rings is 1. The van der Waals surface area contributed by atoms with Crippen molar-refractivity contribution in [2.45, 2.75) is 12.8 Å². The molecule has 24 heavy (non-hydrogen) atoms. The Morgan fingerprint density at radius 1 is 1.46 bits per heavy atom. The van der Waals surface area contributed by atoms with E-state index in [0.717, 1.165) is 11.3 Å². The summed E-state index contributed by atoms with van der Waals surface area (Å²) in [6, 6.07) is 3.73. The fourth-order valence-corrected chi connectivity index (χ4v) is 4.28. The normalized spacial score (nSPS) is 19.1. The highest BCUT2D eigenvalue weighted by atomic mass is 32.2. The fourth-order valence-electron chi connectivity index (χ4n) is 2.64. The van der Waals surface area contributed by atoms with Crippen LogP contribution in [-0.4, -0.2) is 47.9 Å². The van der Waals surface area contributed by atoms with Gasteiger partial charge in [0.25, 0.3) is 0 Å². The summed E-state index contributed by atoms with van der Waals surface area (Å²) in [4.78, 5) is 20.9. The van der Waals surface area contributed by atoms with E-state index in [1.54, 1.807) is 12.4 Å². The number of carbonyl (C=O) groups is 1. The number of sulfonamides is 1. The summed E-state index contributed by atoms with van der Waals surface area (Å²) >= 11 is 1.34. The van der Waals surface area contributed by atoms with Crippen LogP contribution in [0.3, 0.4) is 0 Å². The van der Waals surface area contributed by atoms with Gasteiger partial charge in [0.1, 0.15) is 0 Å². The largest absolute Gasteiger partial charge is 0.302 e. The van der Waals surface area contributed by atoms with Crippen LogP contribution >= 0.6 is 11.3 Å². The molecular weight excluding hydrogens is 348 g/mol. The van der Waals surface area contributed by atoms with Gasteiger partial charge in [-0.05, 0) is 25.0 Å². The fraction of sp³-hybridized carbons (Fsp3) is 0.400. The highest BCUT2D eigenvalue weighted by molar-refractivity contribution is 7.88. The van der Waals surface area contributed by atoms with E-state index in [1.165, 1.54) is 21.9 Å². The Bertz CT molecular complexity index is 820. The first-order chi connectivity index (χ1) is 11.4. The topological polar surface area (TPSA) is 92.3 Å². The number of hydrogen-bond acceptors (Lipinski definition) is 6. The Morgan fingerprint density at radius 3 is 3.00 bits per heavy atom. The van der Waals surface area contributed by atoms with Gasteiger partial charge in [-0.2, -0.15) is 0 Å². The minimum Gasteiger partial charge on any atom is -0.302 e. The van der Waals surface area contributed by atoms with Crippen molar-refractivity contribution in [2.24, 2.45) is 5.92 Å². The molecule has 2 aromatic heterocycles. The van der Waals surface area contributed by atoms with Gasteiger partial charge in [-0.25, -0.2) is 17.7 Å². The molecule has 1 saturated heterocycles. The molecular formula is C15H18N4O3S2. The zero-order chi connectivity index (χ0) is 17.2. The standard InChI is InChI=1S/C15H18N4O3S2/c1-24(21,22)19-7-3-5-12(9-19)14(20)18-15-17-13(10-23-15)11-4-2-6-16-8-11/h2,4,6,8,10,12H,3,5,7,9H2,1H3,(H,17,18,20). The summed E-state index contributed by atoms with van der Waals surface area (Å²) in [7, 11) is -3.26. The minimum atomic E-state index is -3.26. The number of piperidine rings is 1. The molecule has 1 unspecified atom stereocenters. The summed E-state index contributed by atoms with van der Waals surface area (Å²) in [6.45, 7) is 0.705. The molecule has 2 aromatic rings. The number of amides is 1. The van der Waals surface area contributed by atoms with Gasteiger partial charge in [-0.15, -0.1) is 11.3 Å². The van der Waals surface area contributed by atoms with Crippen molar-refractivity contribution in [2.75, 3.05) is 24.7 Å². The first kappa shape index (κ1) is 17.0. The second kappa shape index (κ2) is 6.96. The van der Waals surface area contributed by atoms with Crippen LogP contribution in [0.1, 0.15) is 12.8 Å². The number of nitrogens with zero attached hydrogens (tertiary/aromatic N) is 3. The molecule has 0 saturated carbocycles. The van der Waals surface area contributed by atoms with Crippen LogP contribution in [0, 0.1) is 5.92 Å². The van der Waals surface area contributed by atoms with Crippen molar-refractivity contribution >= 4 is 32.4 Å². The molecule has 0 spiro atoms. The molecule has 0 aromatic carbocycles. The van der Waals surface area contributed by atoms with Crippen LogP contribution in [0.2, 0.25) is 0 Å². The van der Waals surface area contributed by atoms with Gasteiger partial charge in [0.05, 0.1) is 17.9 Å². The maximum atomic E-state index is 12.4. The Morgan fingerprint density at radius 2 is 2.29 bits per heavy atom. The van der Waals surface area contributed by atoms with E-state index in [0.29, 0.717) is 24.5 Å². The Kier molecular flexibility index (Phi) is 4.93. The van der Waals surface area contributed by atoms with E-state index in [9.17, 15) is 13.2 Å². The third-order valence-electron chi connectivity index (χ3n) is 3.92. The van der Waals surface area contributed by atoms with Crippen LogP contribution in [-0.2, 0) is 14.8 Å². The predicted octanol–water partition coefficient (Wildman–Crippen LogP) is 1.82. The number of aromatic nitrogens is 2. The number of hydrogen-bond donors (Lipinski definition) is 1. The molecule has 0 bridgehead atoms. The van der Waals surface area contributed by atoms with Gasteiger partial charge in [-0.1, -0.05) is 0 Å². The van der Waals surface area contributed by atoms with Crippen molar-refractivity contribution in [1.29, 1.82) is 0 Å². The Labute approximate surface area is 144 Å². The molecule has 1 aliphatic rings. The predicted molar refractivity (Wildman–Crippen MR) is 93.1 cm³/mol. The van der Waals surface area contributed by atoms with Crippen LogP contribution in [0.5, 0.6) is 0 Å². The number of thiazole rings is 1. The second-order valence-electron chi connectivity index (χ2n) is 5.73. The quantitative estimate of drug-likeness (QED) is 0.891. The van der Waals surface area contributed by atoms with Gasteiger partial charge in [0, 0.05) is 36.4 Å². The summed E-state index contributed by atoms with van der Waals surface area (Å²) < 4.78 is 24.7. The van der Waals surface area contributed by atoms with E-state index in [4.69, 9.17) is 0 Å². The molecule has 3 heterocycles. The van der Waals surface area contributed by atoms with Crippen molar-refractivity contribution in [3.05, 3.63) is 29.9 Å². The van der Waals surface area contributed by atoms with E-state index in [-0.39, 0.29) is 18.4 Å². The zero-order valence-electron chi connectivity index (χ0n) is 13.2. The van der Waals surface area contributed by atoms with Gasteiger partial charge in [0.2, 0.25) is 15.9 Å². The average Bonchev–Trinajstić information content (AvgIpc) is 3.03. The summed E-state index contributed by atoms with van der Waals surface area (Å²) in [5.74, 6) is -0.533. The smallest absolute Gasteiger partial charge is 0.230 e. The maximum absolute atomic E-state index is 12.4. The lowest BCUT2D eigenvalue weighted by Gasteiger charge is -2.29. The van der Waals surface area contributed by atoms with E-state index in [2.05, 4.69) is 15.3 Å². The van der Waals surface area contributed by atoms with Gasteiger partial charge in [-0.3, -0.25) is 9.78 Å². The van der Waals surface area contributed by atoms with Crippen molar-refractivity contribution < 1.29 is 13.2 Å². The summed E-state index contributed by atoms with van der Waals surface area (Å²) in [6.07, 6.45) is 5.94. The first-order valence-corrected chi connectivity index (χ1v) is 10.3. The highest BCUT2D eigenvalue weighted by Gasteiger charge is 2.30. The van der Waals surface area contributed by atoms with E-state index < -0.39 is 10.0 Å². The molecule has 1 N–H and O–H groups in total. The molecule has 7 nitrogen and oxygen atoms in total. The van der Waals surface area contributed by atoms with Gasteiger partial charge < -0.3 is 5.32 Å². The maximum Gasteiger partial charge on any atom is 0.230 e. The molecule has 1 amide bonds. The van der Waals surface area contributed by atoms with Crippen LogP contribution in [0.4, 0.5) is 5.13 Å². The van der Waals surface area contributed by atoms with Gasteiger partial charge in [0.15, 0.2) is 5.13 Å².